The Morgan fingerprint density at radius 1 is 0.568 bits per heavy atom. The van der Waals surface area contributed by atoms with Gasteiger partial charge in [0.1, 0.15) is 0 Å². The van der Waals surface area contributed by atoms with Crippen molar-refractivity contribution in [3.63, 3.8) is 0 Å². The summed E-state index contributed by atoms with van der Waals surface area (Å²) in [7, 11) is -2.51. The minimum absolute atomic E-state index is 0. The first-order chi connectivity index (χ1) is 15.6. The molecule has 0 amide bonds. The number of allylic oxidation sites excluding steroid dienone is 4. The first-order valence-corrected chi connectivity index (χ1v) is 14.2. The zero-order valence-corrected chi connectivity index (χ0v) is 28.0. The van der Waals surface area contributed by atoms with Gasteiger partial charge in [-0.2, -0.15) is 5.20 Å². The first kappa shape index (κ1) is 35.9. The Bertz CT molecular complexity index is 1110. The molecule has 0 aromatic heterocycles. The van der Waals surface area contributed by atoms with Gasteiger partial charge in [-0.1, -0.05) is 114 Å². The van der Waals surface area contributed by atoms with Crippen LogP contribution in [0.15, 0.2) is 71.4 Å². The Morgan fingerprint density at radius 2 is 0.865 bits per heavy atom. The van der Waals surface area contributed by atoms with Gasteiger partial charge in [-0.05, 0) is 57.1 Å². The van der Waals surface area contributed by atoms with Crippen LogP contribution in [0, 0.1) is 53.5 Å². The summed E-state index contributed by atoms with van der Waals surface area (Å²) in [5.41, 5.74) is 9.40. The van der Waals surface area contributed by atoms with Gasteiger partial charge in [-0.3, -0.25) is 6.08 Å². The van der Waals surface area contributed by atoms with Crippen molar-refractivity contribution >= 4 is 23.6 Å². The molecular weight excluding hydrogens is 567 g/mol. The van der Waals surface area contributed by atoms with E-state index in [2.05, 4.69) is 122 Å². The summed E-state index contributed by atoms with van der Waals surface area (Å²) < 4.78 is 0. The van der Waals surface area contributed by atoms with Crippen LogP contribution in [0.5, 0.6) is 0 Å². The van der Waals surface area contributed by atoms with E-state index in [0.29, 0.717) is 5.92 Å². The van der Waals surface area contributed by atoms with Gasteiger partial charge in [-0.15, -0.1) is 0 Å². The predicted molar refractivity (Wildman–Crippen MR) is 147 cm³/mol. The van der Waals surface area contributed by atoms with Gasteiger partial charge >= 0.3 is 21.7 Å². The monoisotopic (exact) mass is 602 g/mol. The molecule has 1 aliphatic rings. The molecule has 0 fully saturated rings. The standard InChI is InChI=1S/C32H37Si.3ClH.Ti/c1-21(2)28-9-10-29(20-28)33(30-14-22(3)11-23(4)15-30,31-16-24(5)12-25(6)17-31)32-18-26(7)13-27(8)19-32;;;;/h9,11-19,21H,10H2,1-8H3;3*1H;/q-1;;;;+4/p-3. The fourth-order valence-electron chi connectivity index (χ4n) is 5.71. The molecule has 0 N–H and O–H groups in total. The maximum atomic E-state index is 3.98. The van der Waals surface area contributed by atoms with Gasteiger partial charge in [0.25, 0.3) is 0 Å². The molecule has 37 heavy (non-hydrogen) atoms. The maximum Gasteiger partial charge on any atom is 4.00 e. The normalized spacial score (nSPS) is 12.5. The van der Waals surface area contributed by atoms with Gasteiger partial charge < -0.3 is 37.2 Å². The van der Waals surface area contributed by atoms with E-state index in [-0.39, 0.29) is 58.9 Å². The van der Waals surface area contributed by atoms with Crippen molar-refractivity contribution in [3.05, 3.63) is 111 Å². The number of rotatable bonds is 5. The zero-order chi connectivity index (χ0) is 23.9. The molecule has 0 saturated carbocycles. The molecular formula is C32H37Cl3SiTi. The van der Waals surface area contributed by atoms with Crippen molar-refractivity contribution in [1.82, 2.24) is 0 Å². The predicted octanol–water partition coefficient (Wildman–Crippen LogP) is -2.73. The first-order valence-electron chi connectivity index (χ1n) is 12.2. The topological polar surface area (TPSA) is 0 Å². The van der Waals surface area contributed by atoms with Crippen LogP contribution in [-0.2, 0) is 21.7 Å². The molecule has 4 rings (SSSR count). The molecule has 0 radical (unpaired) electrons. The molecule has 0 nitrogen and oxygen atoms in total. The van der Waals surface area contributed by atoms with Crippen molar-refractivity contribution in [2.75, 3.05) is 0 Å². The molecule has 0 heterocycles. The second kappa shape index (κ2) is 14.4. The third-order valence-corrected chi connectivity index (χ3v) is 11.6. The van der Waals surface area contributed by atoms with Crippen molar-refractivity contribution in [2.45, 2.75) is 61.8 Å². The fraction of sp³-hybridized carbons (Fsp3) is 0.312. The molecule has 3 aromatic rings. The Morgan fingerprint density at radius 3 is 1.11 bits per heavy atom. The zero-order valence-electron chi connectivity index (χ0n) is 23.2. The Balaban J connectivity index is 0.00000324. The number of halogens is 3. The van der Waals surface area contributed by atoms with E-state index in [4.69, 9.17) is 0 Å². The van der Waals surface area contributed by atoms with Crippen LogP contribution >= 0.6 is 0 Å². The van der Waals surface area contributed by atoms with E-state index < -0.39 is 8.07 Å². The van der Waals surface area contributed by atoms with Crippen LogP contribution in [0.3, 0.4) is 0 Å². The minimum atomic E-state index is -2.51. The van der Waals surface area contributed by atoms with Crippen LogP contribution < -0.4 is 52.8 Å². The van der Waals surface area contributed by atoms with Crippen LogP contribution in [0.4, 0.5) is 0 Å². The largest absolute Gasteiger partial charge is 4.00 e. The molecule has 0 aliphatic heterocycles. The summed E-state index contributed by atoms with van der Waals surface area (Å²) >= 11 is 0. The summed E-state index contributed by atoms with van der Waals surface area (Å²) in [6, 6.07) is 21.6. The van der Waals surface area contributed by atoms with Gasteiger partial charge in [0.2, 0.25) is 0 Å². The van der Waals surface area contributed by atoms with Crippen LogP contribution in [0.1, 0.15) is 53.6 Å². The second-order valence-corrected chi connectivity index (χ2v) is 14.3. The molecule has 0 spiro atoms. The Kier molecular flexibility index (Phi) is 14.0. The number of aryl methyl sites for hydroxylation is 6. The van der Waals surface area contributed by atoms with E-state index in [1.807, 2.05) is 0 Å². The minimum Gasteiger partial charge on any atom is -1.00 e. The maximum absolute atomic E-state index is 3.98. The van der Waals surface area contributed by atoms with Gasteiger partial charge in [-0.25, -0.2) is 11.6 Å². The molecule has 5 heteroatoms. The van der Waals surface area contributed by atoms with Crippen molar-refractivity contribution in [3.8, 4) is 0 Å². The smallest absolute Gasteiger partial charge is 1.00 e. The molecule has 3 aromatic carbocycles. The quantitative estimate of drug-likeness (QED) is 0.169. The Labute approximate surface area is 259 Å². The Hall–Kier alpha value is -1.06. The third-order valence-electron chi connectivity index (χ3n) is 6.86. The van der Waals surface area contributed by atoms with Crippen molar-refractivity contribution in [2.24, 2.45) is 5.92 Å². The van der Waals surface area contributed by atoms with Crippen molar-refractivity contribution in [1.29, 1.82) is 0 Å². The van der Waals surface area contributed by atoms with Gasteiger partial charge in [0.15, 0.2) is 8.07 Å². The third kappa shape index (κ3) is 7.33. The van der Waals surface area contributed by atoms with Crippen LogP contribution in [0.2, 0.25) is 0 Å². The van der Waals surface area contributed by atoms with Crippen LogP contribution in [0.25, 0.3) is 0 Å². The summed E-state index contributed by atoms with van der Waals surface area (Å²) in [5, 5.41) is 5.94. The van der Waals surface area contributed by atoms with Gasteiger partial charge in [0.05, 0.1) is 0 Å². The van der Waals surface area contributed by atoms with E-state index in [1.165, 1.54) is 59.7 Å². The van der Waals surface area contributed by atoms with E-state index in [0.717, 1.165) is 6.42 Å². The molecule has 194 valence electrons. The summed E-state index contributed by atoms with van der Waals surface area (Å²) in [6.07, 6.45) is 7.40. The summed E-state index contributed by atoms with van der Waals surface area (Å²) in [5.74, 6) is 0.493. The SMILES string of the molecule is Cc1cc(C)cc([Si](C2=[C-]C(C(C)C)=CC2)(c2cc(C)cc(C)c2)c2cc(C)cc(C)c2)c1.[Cl-].[Cl-].[Cl-].[Ti+4]. The molecule has 0 saturated heterocycles. The molecule has 0 atom stereocenters. The van der Waals surface area contributed by atoms with E-state index in [1.54, 1.807) is 0 Å². The van der Waals surface area contributed by atoms with Crippen molar-refractivity contribution < 1.29 is 58.9 Å². The van der Waals surface area contributed by atoms with Crippen LogP contribution in [-0.4, -0.2) is 8.07 Å². The summed E-state index contributed by atoms with van der Waals surface area (Å²) in [4.78, 5) is 0. The average molecular weight is 604 g/mol. The molecule has 1 aliphatic carbocycles. The average Bonchev–Trinajstić information content (AvgIpc) is 3.17. The molecule has 0 unspecified atom stereocenters. The fourth-order valence-corrected chi connectivity index (χ4v) is 11.2. The van der Waals surface area contributed by atoms with E-state index >= 15 is 0 Å². The number of benzene rings is 3. The van der Waals surface area contributed by atoms with Gasteiger partial charge in [0, 0.05) is 0 Å². The number of hydrogen-bond acceptors (Lipinski definition) is 0. The second-order valence-electron chi connectivity index (χ2n) is 10.5. The van der Waals surface area contributed by atoms with E-state index in [9.17, 15) is 0 Å². The number of hydrogen-bond donors (Lipinski definition) is 0. The summed E-state index contributed by atoms with van der Waals surface area (Å²) in [6.45, 7) is 18.0. The molecule has 0 bridgehead atoms.